The van der Waals surface area contributed by atoms with E-state index in [-0.39, 0.29) is 10.9 Å². The molecule has 86 valence electrons. The summed E-state index contributed by atoms with van der Waals surface area (Å²) in [4.78, 5) is 25.0. The van der Waals surface area contributed by atoms with Crippen molar-refractivity contribution in [2.75, 3.05) is 0 Å². The topological polar surface area (TPSA) is 93.3 Å². The molecule has 0 atom stereocenters. The minimum atomic E-state index is -1.35. The van der Waals surface area contributed by atoms with Crippen molar-refractivity contribution in [2.45, 2.75) is 0 Å². The Morgan fingerprint density at radius 2 is 2.18 bits per heavy atom. The number of pyridine rings is 1. The van der Waals surface area contributed by atoms with Crippen LogP contribution >= 0.6 is 15.9 Å². The number of aromatic nitrogens is 1. The third-order valence-corrected chi connectivity index (χ3v) is 2.71. The molecule has 0 amide bonds. The number of aromatic carboxylic acids is 1. The smallest absolute Gasteiger partial charge is 0.343 e. The van der Waals surface area contributed by atoms with Crippen molar-refractivity contribution < 1.29 is 14.8 Å². The van der Waals surface area contributed by atoms with Crippen LogP contribution in [0.3, 0.4) is 0 Å². The number of carboxylic acids is 1. The van der Waals surface area contributed by atoms with Crippen LogP contribution in [0.25, 0.3) is 10.9 Å². The zero-order valence-electron chi connectivity index (χ0n) is 8.25. The van der Waals surface area contributed by atoms with Gasteiger partial charge in [-0.2, -0.15) is 0 Å². The number of carbonyl (C=O) groups is 1. The molecule has 7 heteroatoms. The maximum Gasteiger partial charge on any atom is 0.343 e. The zero-order chi connectivity index (χ0) is 12.6. The van der Waals surface area contributed by atoms with Crippen LogP contribution in [0.2, 0.25) is 0 Å². The van der Waals surface area contributed by atoms with E-state index in [1.165, 1.54) is 6.07 Å². The summed E-state index contributed by atoms with van der Waals surface area (Å²) in [7, 11) is 0. The lowest BCUT2D eigenvalue weighted by molar-refractivity contribution is -0.385. The van der Waals surface area contributed by atoms with Crippen LogP contribution in [0, 0.1) is 10.1 Å². The monoisotopic (exact) mass is 296 g/mol. The van der Waals surface area contributed by atoms with Crippen molar-refractivity contribution in [1.29, 1.82) is 0 Å². The lowest BCUT2D eigenvalue weighted by Crippen LogP contribution is -2.04. The first-order valence-corrected chi connectivity index (χ1v) is 5.26. The molecule has 0 aliphatic rings. The fraction of sp³-hybridized carbons (Fsp3) is 0. The Labute approximate surface area is 103 Å². The first kappa shape index (κ1) is 11.5. The predicted octanol–water partition coefficient (Wildman–Crippen LogP) is 2.60. The van der Waals surface area contributed by atoms with Crippen molar-refractivity contribution in [3.63, 3.8) is 0 Å². The number of carboxylic acid groups (broad SMARTS) is 1. The molecule has 2 aromatic rings. The van der Waals surface area contributed by atoms with Gasteiger partial charge in [0.15, 0.2) is 0 Å². The molecule has 2 rings (SSSR count). The molecule has 1 aromatic heterocycles. The second-order valence-electron chi connectivity index (χ2n) is 3.24. The Balaban J connectivity index is 2.92. The van der Waals surface area contributed by atoms with Gasteiger partial charge in [-0.25, -0.2) is 9.78 Å². The number of hydrogen-bond donors (Lipinski definition) is 1. The number of nitrogens with zero attached hydrogens (tertiary/aromatic N) is 2. The maximum absolute atomic E-state index is 11.1. The van der Waals surface area contributed by atoms with Gasteiger partial charge in [-0.05, 0) is 18.2 Å². The average molecular weight is 297 g/mol. The summed E-state index contributed by atoms with van der Waals surface area (Å²) in [5, 5.41) is 20.0. The molecule has 0 aliphatic carbocycles. The predicted molar refractivity (Wildman–Crippen MR) is 63.1 cm³/mol. The van der Waals surface area contributed by atoms with Crippen molar-refractivity contribution in [3.8, 4) is 0 Å². The maximum atomic E-state index is 11.1. The summed E-state index contributed by atoms with van der Waals surface area (Å²) in [5.41, 5.74) is -0.458. The van der Waals surface area contributed by atoms with E-state index in [2.05, 4.69) is 20.9 Å². The van der Waals surface area contributed by atoms with E-state index in [1.54, 1.807) is 12.1 Å². The van der Waals surface area contributed by atoms with Crippen molar-refractivity contribution >= 4 is 38.5 Å². The zero-order valence-corrected chi connectivity index (χ0v) is 9.84. The van der Waals surface area contributed by atoms with Crippen molar-refractivity contribution in [1.82, 2.24) is 4.98 Å². The molecule has 0 bridgehead atoms. The Morgan fingerprint density at radius 1 is 1.47 bits per heavy atom. The van der Waals surface area contributed by atoms with Gasteiger partial charge in [0, 0.05) is 9.86 Å². The summed E-state index contributed by atoms with van der Waals surface area (Å²) in [6, 6.07) is 4.78. The molecular formula is C10H5BrN2O4. The van der Waals surface area contributed by atoms with Crippen LogP contribution < -0.4 is 0 Å². The average Bonchev–Trinajstić information content (AvgIpc) is 2.26. The van der Waals surface area contributed by atoms with E-state index in [1.807, 2.05) is 0 Å². The molecule has 1 aromatic carbocycles. The molecule has 1 N–H and O–H groups in total. The molecule has 0 fully saturated rings. The normalized spacial score (nSPS) is 10.4. The van der Waals surface area contributed by atoms with Gasteiger partial charge in [-0.3, -0.25) is 10.1 Å². The van der Waals surface area contributed by atoms with Crippen LogP contribution in [-0.4, -0.2) is 21.0 Å². The number of halogens is 1. The Hall–Kier alpha value is -2.02. The lowest BCUT2D eigenvalue weighted by Gasteiger charge is -2.03. The molecule has 0 unspecified atom stereocenters. The highest BCUT2D eigenvalue weighted by Crippen LogP contribution is 2.28. The van der Waals surface area contributed by atoms with Crippen molar-refractivity contribution in [3.05, 3.63) is 44.5 Å². The molecule has 6 nitrogen and oxygen atoms in total. The van der Waals surface area contributed by atoms with E-state index >= 15 is 0 Å². The lowest BCUT2D eigenvalue weighted by atomic mass is 10.1. The van der Waals surface area contributed by atoms with E-state index < -0.39 is 16.6 Å². The third-order valence-electron chi connectivity index (χ3n) is 2.22. The molecule has 17 heavy (non-hydrogen) atoms. The van der Waals surface area contributed by atoms with Crippen LogP contribution in [-0.2, 0) is 0 Å². The van der Waals surface area contributed by atoms with Gasteiger partial charge >= 0.3 is 11.7 Å². The van der Waals surface area contributed by atoms with Gasteiger partial charge < -0.3 is 5.11 Å². The quantitative estimate of drug-likeness (QED) is 0.679. The molecular weight excluding hydrogens is 292 g/mol. The highest BCUT2D eigenvalue weighted by molar-refractivity contribution is 9.10. The first-order chi connectivity index (χ1) is 8.00. The van der Waals surface area contributed by atoms with Gasteiger partial charge in [0.1, 0.15) is 11.8 Å². The van der Waals surface area contributed by atoms with Crippen LogP contribution in [0.4, 0.5) is 5.69 Å². The summed E-state index contributed by atoms with van der Waals surface area (Å²) in [6.45, 7) is 0. The second kappa shape index (κ2) is 4.10. The molecule has 0 spiro atoms. The summed E-state index contributed by atoms with van der Waals surface area (Å²) < 4.78 is 0.634. The first-order valence-electron chi connectivity index (χ1n) is 4.46. The summed E-state index contributed by atoms with van der Waals surface area (Å²) in [5.74, 6) is -1.35. The van der Waals surface area contributed by atoms with E-state index in [4.69, 9.17) is 5.11 Å². The Morgan fingerprint density at radius 3 is 2.76 bits per heavy atom. The van der Waals surface area contributed by atoms with Gasteiger partial charge in [0.25, 0.3) is 0 Å². The van der Waals surface area contributed by atoms with E-state index in [9.17, 15) is 14.9 Å². The van der Waals surface area contributed by atoms with Gasteiger partial charge in [-0.15, -0.1) is 0 Å². The molecule has 0 saturated heterocycles. The largest absolute Gasteiger partial charge is 0.477 e. The Kier molecular flexibility index (Phi) is 2.76. The molecule has 0 saturated carbocycles. The minimum absolute atomic E-state index is 0.237. The minimum Gasteiger partial charge on any atom is -0.477 e. The standard InChI is InChI=1S/C10H5BrN2O4/c11-5-1-2-7-6(3-5)9(10(14)15)8(4-12-7)13(16)17/h1-4H,(H,14,15). The fourth-order valence-corrected chi connectivity index (χ4v) is 1.88. The molecule has 1 heterocycles. The number of fused-ring (bicyclic) bond motifs is 1. The number of benzene rings is 1. The summed E-state index contributed by atoms with van der Waals surface area (Å²) in [6.07, 6.45) is 0.958. The number of rotatable bonds is 2. The fourth-order valence-electron chi connectivity index (χ4n) is 1.52. The number of hydrogen-bond acceptors (Lipinski definition) is 4. The van der Waals surface area contributed by atoms with Crippen molar-refractivity contribution in [2.24, 2.45) is 0 Å². The van der Waals surface area contributed by atoms with Gasteiger partial charge in [0.05, 0.1) is 10.4 Å². The van der Waals surface area contributed by atoms with E-state index in [0.29, 0.717) is 9.99 Å². The SMILES string of the molecule is O=C(O)c1c([N+](=O)[O-])cnc2ccc(Br)cc12. The highest BCUT2D eigenvalue weighted by Gasteiger charge is 2.23. The molecule has 0 radical (unpaired) electrons. The van der Waals surface area contributed by atoms with Crippen LogP contribution in [0.1, 0.15) is 10.4 Å². The third kappa shape index (κ3) is 1.96. The summed E-state index contributed by atoms with van der Waals surface area (Å²) >= 11 is 3.19. The van der Waals surface area contributed by atoms with Crippen LogP contribution in [0.15, 0.2) is 28.9 Å². The Bertz CT molecular complexity index is 641. The second-order valence-corrected chi connectivity index (χ2v) is 4.16. The highest BCUT2D eigenvalue weighted by atomic mass is 79.9. The number of nitro groups is 1. The van der Waals surface area contributed by atoms with Crippen LogP contribution in [0.5, 0.6) is 0 Å². The van der Waals surface area contributed by atoms with E-state index in [0.717, 1.165) is 6.20 Å². The van der Waals surface area contributed by atoms with Gasteiger partial charge in [0.2, 0.25) is 0 Å². The molecule has 0 aliphatic heterocycles. The van der Waals surface area contributed by atoms with Gasteiger partial charge in [-0.1, -0.05) is 15.9 Å².